The molecule has 0 saturated carbocycles. The summed E-state index contributed by atoms with van der Waals surface area (Å²) in [5.41, 5.74) is 2.61. The molecule has 0 unspecified atom stereocenters. The average Bonchev–Trinajstić information content (AvgIpc) is 3.26. The molecule has 4 rings (SSSR count). The normalized spacial score (nSPS) is 19.1. The second-order valence-corrected chi connectivity index (χ2v) is 9.82. The van der Waals surface area contributed by atoms with Gasteiger partial charge in [0, 0.05) is 39.5 Å². The second kappa shape index (κ2) is 11.3. The number of rotatable bonds is 9. The lowest BCUT2D eigenvalue weighted by molar-refractivity contribution is -0.137. The van der Waals surface area contributed by atoms with E-state index in [0.29, 0.717) is 24.3 Å². The molecule has 2 atom stereocenters. The van der Waals surface area contributed by atoms with E-state index in [0.717, 1.165) is 20.1 Å². The fourth-order valence-electron chi connectivity index (χ4n) is 3.96. The van der Waals surface area contributed by atoms with Crippen LogP contribution in [0.2, 0.25) is 0 Å². The Balaban J connectivity index is 1.76. The van der Waals surface area contributed by atoms with Gasteiger partial charge in [0.15, 0.2) is 11.6 Å². The van der Waals surface area contributed by atoms with Crippen LogP contribution in [0, 0.1) is 0 Å². The Labute approximate surface area is 220 Å². The molecule has 1 aliphatic heterocycles. The summed E-state index contributed by atoms with van der Waals surface area (Å²) in [5.74, 6) is 0.269. The molecule has 0 bridgehead atoms. The molecule has 0 aliphatic carbocycles. The number of hydrogen-bond acceptors (Lipinski definition) is 6. The smallest absolute Gasteiger partial charge is 0.275 e. The molecule has 1 amide bonds. The second-order valence-electron chi connectivity index (χ2n) is 8.05. The van der Waals surface area contributed by atoms with E-state index in [2.05, 4.69) is 31.9 Å². The van der Waals surface area contributed by atoms with Crippen LogP contribution in [0.5, 0.6) is 5.75 Å². The molecule has 3 aromatic rings. The molecule has 1 aliphatic rings. The first kappa shape index (κ1) is 25.4. The number of amides is 1. The highest BCUT2D eigenvalue weighted by Crippen LogP contribution is 2.44. The van der Waals surface area contributed by atoms with E-state index < -0.39 is 17.6 Å². The van der Waals surface area contributed by atoms with Gasteiger partial charge < -0.3 is 14.6 Å². The lowest BCUT2D eigenvalue weighted by atomic mass is 9.82. The minimum absolute atomic E-state index is 0.0620. The van der Waals surface area contributed by atoms with Crippen molar-refractivity contribution in [1.29, 1.82) is 0 Å². The number of benzene rings is 3. The molecule has 1 heterocycles. The van der Waals surface area contributed by atoms with Gasteiger partial charge in [0.1, 0.15) is 5.75 Å². The number of carbonyl (C=O) groups is 1. The molecule has 9 heteroatoms. The van der Waals surface area contributed by atoms with E-state index in [9.17, 15) is 10.0 Å². The Kier molecular flexibility index (Phi) is 8.22. The predicted molar refractivity (Wildman–Crippen MR) is 139 cm³/mol. The molecule has 0 fully saturated rings. The van der Waals surface area contributed by atoms with Crippen LogP contribution in [0.3, 0.4) is 0 Å². The summed E-state index contributed by atoms with van der Waals surface area (Å²) in [4.78, 5) is 18.1. The minimum atomic E-state index is -1.46. The summed E-state index contributed by atoms with van der Waals surface area (Å²) in [6, 6.07) is 22.2. The van der Waals surface area contributed by atoms with Gasteiger partial charge in [0.05, 0.1) is 6.61 Å². The standard InChI is InChI=1S/C26H24Br2N2O5/c27-19-10-6-17(7-11-19)16-26(25(32)30-33)23(21-4-1-2-5-22(21)28)35-24(29-26)18-8-12-20(13-9-18)34-15-3-14-31/h1-2,4-13,23,31,33H,3,14-16H2,(H,30,32)/t23-,26-/m0/s1. The molecule has 182 valence electrons. The zero-order valence-electron chi connectivity index (χ0n) is 18.7. The summed E-state index contributed by atoms with van der Waals surface area (Å²) in [5, 5.41) is 18.7. The summed E-state index contributed by atoms with van der Waals surface area (Å²) in [6.07, 6.45) is -0.0609. The third-order valence-electron chi connectivity index (χ3n) is 5.71. The van der Waals surface area contributed by atoms with Gasteiger partial charge in [0.2, 0.25) is 5.90 Å². The summed E-state index contributed by atoms with van der Waals surface area (Å²) in [7, 11) is 0. The van der Waals surface area contributed by atoms with Crippen molar-refractivity contribution >= 4 is 43.7 Å². The maximum Gasteiger partial charge on any atom is 0.275 e. The van der Waals surface area contributed by atoms with Gasteiger partial charge in [-0.05, 0) is 48.0 Å². The van der Waals surface area contributed by atoms with Crippen LogP contribution in [0.1, 0.15) is 29.2 Å². The van der Waals surface area contributed by atoms with Gasteiger partial charge in [0.25, 0.3) is 5.91 Å². The van der Waals surface area contributed by atoms with Crippen LogP contribution in [0.4, 0.5) is 0 Å². The Morgan fingerprint density at radius 3 is 2.43 bits per heavy atom. The number of aliphatic hydroxyl groups excluding tert-OH is 1. The van der Waals surface area contributed by atoms with Crippen LogP contribution >= 0.6 is 31.9 Å². The van der Waals surface area contributed by atoms with Crippen LogP contribution in [0.25, 0.3) is 0 Å². The number of aliphatic hydroxyl groups is 1. The molecular weight excluding hydrogens is 580 g/mol. The fraction of sp³-hybridized carbons (Fsp3) is 0.231. The van der Waals surface area contributed by atoms with E-state index in [1.165, 1.54) is 0 Å². The lowest BCUT2D eigenvalue weighted by Gasteiger charge is -2.30. The van der Waals surface area contributed by atoms with Gasteiger partial charge in [-0.15, -0.1) is 0 Å². The van der Waals surface area contributed by atoms with E-state index >= 15 is 0 Å². The zero-order chi connectivity index (χ0) is 24.8. The van der Waals surface area contributed by atoms with E-state index in [-0.39, 0.29) is 18.9 Å². The van der Waals surface area contributed by atoms with Crippen molar-refractivity contribution in [3.05, 3.63) is 98.4 Å². The fourth-order valence-corrected chi connectivity index (χ4v) is 4.71. The topological polar surface area (TPSA) is 100 Å². The maximum atomic E-state index is 13.3. The number of hydrogen-bond donors (Lipinski definition) is 3. The molecule has 0 radical (unpaired) electrons. The van der Waals surface area contributed by atoms with Crippen molar-refractivity contribution in [3.8, 4) is 5.75 Å². The largest absolute Gasteiger partial charge is 0.494 e. The molecule has 7 nitrogen and oxygen atoms in total. The van der Waals surface area contributed by atoms with Crippen molar-refractivity contribution in [2.45, 2.75) is 24.5 Å². The monoisotopic (exact) mass is 602 g/mol. The van der Waals surface area contributed by atoms with Crippen molar-refractivity contribution in [1.82, 2.24) is 5.48 Å². The van der Waals surface area contributed by atoms with Gasteiger partial charge in [-0.3, -0.25) is 10.0 Å². The first-order chi connectivity index (χ1) is 17.0. The van der Waals surface area contributed by atoms with Gasteiger partial charge in [-0.1, -0.05) is 62.2 Å². The third kappa shape index (κ3) is 5.59. The van der Waals surface area contributed by atoms with Gasteiger partial charge in [-0.2, -0.15) is 0 Å². The first-order valence-corrected chi connectivity index (χ1v) is 12.6. The summed E-state index contributed by atoms with van der Waals surface area (Å²) in [6.45, 7) is 0.469. The molecule has 0 spiro atoms. The van der Waals surface area contributed by atoms with E-state index in [1.54, 1.807) is 24.3 Å². The van der Waals surface area contributed by atoms with E-state index in [1.807, 2.05) is 54.0 Å². The zero-order valence-corrected chi connectivity index (χ0v) is 21.8. The lowest BCUT2D eigenvalue weighted by Crippen LogP contribution is -2.49. The highest BCUT2D eigenvalue weighted by molar-refractivity contribution is 9.10. The van der Waals surface area contributed by atoms with Gasteiger partial charge in [-0.25, -0.2) is 10.5 Å². The molecule has 0 aromatic heterocycles. The number of halogens is 2. The van der Waals surface area contributed by atoms with Crippen molar-refractivity contribution in [3.63, 3.8) is 0 Å². The molecule has 3 N–H and O–H groups in total. The summed E-state index contributed by atoms with van der Waals surface area (Å²) >= 11 is 7.01. The Morgan fingerprint density at radius 1 is 1.06 bits per heavy atom. The predicted octanol–water partition coefficient (Wildman–Crippen LogP) is 4.98. The molecular formula is C26H24Br2N2O5. The van der Waals surface area contributed by atoms with Crippen LogP contribution in [-0.2, 0) is 16.0 Å². The maximum absolute atomic E-state index is 13.3. The number of aliphatic imine (C=N–C) groups is 1. The first-order valence-electron chi connectivity index (χ1n) is 11.0. The average molecular weight is 604 g/mol. The third-order valence-corrected chi connectivity index (χ3v) is 6.96. The SMILES string of the molecule is O=C(NO)[C@@]1(Cc2ccc(Br)cc2)N=C(c2ccc(OCCCO)cc2)O[C@H]1c1ccccc1Br. The Morgan fingerprint density at radius 2 is 1.77 bits per heavy atom. The number of nitrogens with one attached hydrogen (secondary N) is 1. The van der Waals surface area contributed by atoms with Crippen molar-refractivity contribution < 1.29 is 24.6 Å². The quantitative estimate of drug-likeness (QED) is 0.182. The number of hydroxylamine groups is 1. The number of carbonyl (C=O) groups excluding carboxylic acids is 1. The molecule has 35 heavy (non-hydrogen) atoms. The summed E-state index contributed by atoms with van der Waals surface area (Å²) < 4.78 is 13.6. The molecule has 0 saturated heterocycles. The Hall–Kier alpha value is -2.72. The van der Waals surface area contributed by atoms with Crippen molar-refractivity contribution in [2.75, 3.05) is 13.2 Å². The van der Waals surface area contributed by atoms with Gasteiger partial charge >= 0.3 is 0 Å². The van der Waals surface area contributed by atoms with Crippen LogP contribution in [-0.4, -0.2) is 40.9 Å². The minimum Gasteiger partial charge on any atom is -0.494 e. The van der Waals surface area contributed by atoms with Crippen molar-refractivity contribution in [2.24, 2.45) is 4.99 Å². The Bertz CT molecular complexity index is 1200. The van der Waals surface area contributed by atoms with E-state index in [4.69, 9.17) is 19.6 Å². The highest BCUT2D eigenvalue weighted by Gasteiger charge is 2.53. The number of ether oxygens (including phenoxy) is 2. The number of nitrogens with zero attached hydrogens (tertiary/aromatic N) is 1. The van der Waals surface area contributed by atoms with Crippen LogP contribution in [0.15, 0.2) is 86.7 Å². The molecule has 3 aromatic carbocycles. The highest BCUT2D eigenvalue weighted by atomic mass is 79.9. The van der Waals surface area contributed by atoms with Crippen LogP contribution < -0.4 is 10.2 Å².